The summed E-state index contributed by atoms with van der Waals surface area (Å²) in [5, 5.41) is 0.132. The molecule has 2 N–H and O–H groups in total. The number of aryl methyl sites for hydroxylation is 1. The molecule has 0 radical (unpaired) electrons. The maximum atomic E-state index is 11.4. The second-order valence-electron chi connectivity index (χ2n) is 4.18. The van der Waals surface area contributed by atoms with Crippen LogP contribution in [-0.4, -0.2) is 18.3 Å². The normalized spacial score (nSPS) is 14.1. The Hall–Kier alpha value is -1.16. The van der Waals surface area contributed by atoms with Crippen molar-refractivity contribution in [3.8, 4) is 0 Å². The van der Waals surface area contributed by atoms with Gasteiger partial charge < -0.3 is 10.5 Å². The summed E-state index contributed by atoms with van der Waals surface area (Å²) < 4.78 is 4.74. The third-order valence-corrected chi connectivity index (χ3v) is 4.16. The quantitative estimate of drug-likeness (QED) is 0.509. The Bertz CT molecular complexity index is 406. The molecular weight excluding hydrogens is 234 g/mol. The fourth-order valence-electron chi connectivity index (χ4n) is 1.46. The van der Waals surface area contributed by atoms with E-state index < -0.39 is 0 Å². The van der Waals surface area contributed by atoms with Crippen LogP contribution in [0.4, 0.5) is 5.69 Å². The molecule has 1 rings (SSSR count). The van der Waals surface area contributed by atoms with E-state index in [1.54, 1.807) is 11.8 Å². The van der Waals surface area contributed by atoms with Crippen LogP contribution in [0.3, 0.4) is 0 Å². The first kappa shape index (κ1) is 13.9. The van der Waals surface area contributed by atoms with Crippen molar-refractivity contribution in [1.82, 2.24) is 0 Å². The van der Waals surface area contributed by atoms with Crippen molar-refractivity contribution in [2.75, 3.05) is 12.8 Å². The van der Waals surface area contributed by atoms with E-state index in [4.69, 9.17) is 10.5 Å². The Morgan fingerprint density at radius 3 is 2.59 bits per heavy atom. The van der Waals surface area contributed by atoms with Crippen LogP contribution in [0.5, 0.6) is 0 Å². The molecule has 4 heteroatoms. The maximum Gasteiger partial charge on any atom is 0.309 e. The second kappa shape index (κ2) is 5.96. The smallest absolute Gasteiger partial charge is 0.309 e. The van der Waals surface area contributed by atoms with E-state index in [0.29, 0.717) is 0 Å². The summed E-state index contributed by atoms with van der Waals surface area (Å²) in [5.74, 6) is -0.332. The highest BCUT2D eigenvalue weighted by atomic mass is 32.2. The van der Waals surface area contributed by atoms with Crippen molar-refractivity contribution in [3.63, 3.8) is 0 Å². The van der Waals surface area contributed by atoms with Crippen molar-refractivity contribution in [2.45, 2.75) is 30.9 Å². The average Bonchev–Trinajstić information content (AvgIpc) is 2.30. The standard InChI is InChI=1S/C13H19NO2S/c1-8-5-6-12(11(14)7-8)17-10(3)9(2)13(15)16-4/h5-7,9-10H,14H2,1-4H3. The number of nitrogens with two attached hydrogens (primary N) is 1. The van der Waals surface area contributed by atoms with E-state index >= 15 is 0 Å². The Morgan fingerprint density at radius 2 is 2.06 bits per heavy atom. The molecule has 0 saturated heterocycles. The maximum absolute atomic E-state index is 11.4. The first-order chi connectivity index (χ1) is 7.95. The van der Waals surface area contributed by atoms with E-state index in [0.717, 1.165) is 16.1 Å². The number of benzene rings is 1. The minimum atomic E-state index is -0.185. The van der Waals surface area contributed by atoms with Gasteiger partial charge in [-0.1, -0.05) is 19.9 Å². The summed E-state index contributed by atoms with van der Waals surface area (Å²) in [6.07, 6.45) is 0. The summed E-state index contributed by atoms with van der Waals surface area (Å²) in [4.78, 5) is 12.4. The first-order valence-corrected chi connectivity index (χ1v) is 6.44. The van der Waals surface area contributed by atoms with Gasteiger partial charge in [-0.25, -0.2) is 0 Å². The SMILES string of the molecule is COC(=O)C(C)C(C)Sc1ccc(C)cc1N. The molecule has 94 valence electrons. The van der Waals surface area contributed by atoms with E-state index in [2.05, 4.69) is 0 Å². The van der Waals surface area contributed by atoms with Gasteiger partial charge in [0.25, 0.3) is 0 Å². The number of thioether (sulfide) groups is 1. The minimum Gasteiger partial charge on any atom is -0.469 e. The summed E-state index contributed by atoms with van der Waals surface area (Å²) in [5.41, 5.74) is 7.84. The zero-order valence-corrected chi connectivity index (χ0v) is 11.5. The summed E-state index contributed by atoms with van der Waals surface area (Å²) in [6.45, 7) is 5.88. The molecule has 0 bridgehead atoms. The number of rotatable bonds is 4. The fourth-order valence-corrected chi connectivity index (χ4v) is 2.51. The molecule has 0 spiro atoms. The number of esters is 1. The van der Waals surface area contributed by atoms with Crippen LogP contribution in [0, 0.1) is 12.8 Å². The Balaban J connectivity index is 2.74. The van der Waals surface area contributed by atoms with Gasteiger partial charge in [0.05, 0.1) is 13.0 Å². The molecule has 0 aliphatic rings. The molecule has 3 nitrogen and oxygen atoms in total. The molecule has 17 heavy (non-hydrogen) atoms. The number of anilines is 1. The van der Waals surface area contributed by atoms with E-state index in [9.17, 15) is 4.79 Å². The molecular formula is C13H19NO2S. The average molecular weight is 253 g/mol. The largest absolute Gasteiger partial charge is 0.469 e. The molecule has 2 unspecified atom stereocenters. The summed E-state index contributed by atoms with van der Waals surface area (Å²) in [7, 11) is 1.41. The van der Waals surface area contributed by atoms with Crippen LogP contribution in [0.25, 0.3) is 0 Å². The third-order valence-electron chi connectivity index (χ3n) is 2.76. The molecule has 0 aliphatic heterocycles. The lowest BCUT2D eigenvalue weighted by Gasteiger charge is -2.18. The van der Waals surface area contributed by atoms with Crippen molar-refractivity contribution >= 4 is 23.4 Å². The first-order valence-electron chi connectivity index (χ1n) is 5.56. The molecule has 0 heterocycles. The Kier molecular flexibility index (Phi) is 4.87. The van der Waals surface area contributed by atoms with E-state index in [1.165, 1.54) is 7.11 Å². The van der Waals surface area contributed by atoms with Gasteiger partial charge >= 0.3 is 5.97 Å². The van der Waals surface area contributed by atoms with Crippen molar-refractivity contribution < 1.29 is 9.53 Å². The number of hydrogen-bond donors (Lipinski definition) is 1. The van der Waals surface area contributed by atoms with Crippen molar-refractivity contribution in [3.05, 3.63) is 23.8 Å². The Labute approximate surface area is 107 Å². The van der Waals surface area contributed by atoms with Crippen LogP contribution < -0.4 is 5.73 Å². The summed E-state index contributed by atoms with van der Waals surface area (Å²) >= 11 is 1.60. The van der Waals surface area contributed by atoms with Gasteiger partial charge in [0, 0.05) is 15.8 Å². The third kappa shape index (κ3) is 3.66. The van der Waals surface area contributed by atoms with Crippen molar-refractivity contribution in [1.29, 1.82) is 0 Å². The zero-order valence-electron chi connectivity index (χ0n) is 10.7. The van der Waals surface area contributed by atoms with Gasteiger partial charge in [0.15, 0.2) is 0 Å². The second-order valence-corrected chi connectivity index (χ2v) is 5.60. The van der Waals surface area contributed by atoms with Gasteiger partial charge in [-0.15, -0.1) is 11.8 Å². The van der Waals surface area contributed by atoms with Crippen molar-refractivity contribution in [2.24, 2.45) is 5.92 Å². The predicted octanol–water partition coefficient (Wildman–Crippen LogP) is 2.87. The molecule has 1 aromatic carbocycles. The molecule has 2 atom stereocenters. The highest BCUT2D eigenvalue weighted by Gasteiger charge is 2.22. The lowest BCUT2D eigenvalue weighted by Crippen LogP contribution is -2.22. The van der Waals surface area contributed by atoms with Gasteiger partial charge in [-0.3, -0.25) is 4.79 Å². The lowest BCUT2D eigenvalue weighted by atomic mass is 10.1. The molecule has 0 aromatic heterocycles. The number of ether oxygens (including phenoxy) is 1. The highest BCUT2D eigenvalue weighted by Crippen LogP contribution is 2.32. The lowest BCUT2D eigenvalue weighted by molar-refractivity contribution is -0.144. The van der Waals surface area contributed by atoms with Gasteiger partial charge in [-0.05, 0) is 24.6 Å². The van der Waals surface area contributed by atoms with E-state index in [-0.39, 0.29) is 17.1 Å². The van der Waals surface area contributed by atoms with Crippen LogP contribution in [0.1, 0.15) is 19.4 Å². The van der Waals surface area contributed by atoms with Crippen LogP contribution in [0.15, 0.2) is 23.1 Å². The van der Waals surface area contributed by atoms with Gasteiger partial charge in [-0.2, -0.15) is 0 Å². The number of nitrogen functional groups attached to an aromatic ring is 1. The molecule has 0 fully saturated rings. The van der Waals surface area contributed by atoms with Crippen LogP contribution in [-0.2, 0) is 9.53 Å². The monoisotopic (exact) mass is 253 g/mol. The van der Waals surface area contributed by atoms with Crippen LogP contribution in [0.2, 0.25) is 0 Å². The molecule has 0 amide bonds. The number of carbonyl (C=O) groups excluding carboxylic acids is 1. The summed E-state index contributed by atoms with van der Waals surface area (Å²) in [6, 6.07) is 5.96. The van der Waals surface area contributed by atoms with Gasteiger partial charge in [0.2, 0.25) is 0 Å². The topological polar surface area (TPSA) is 52.3 Å². The number of methoxy groups -OCH3 is 1. The minimum absolute atomic E-state index is 0.132. The fraction of sp³-hybridized carbons (Fsp3) is 0.462. The Morgan fingerprint density at radius 1 is 1.41 bits per heavy atom. The van der Waals surface area contributed by atoms with E-state index in [1.807, 2.05) is 39.0 Å². The number of hydrogen-bond acceptors (Lipinski definition) is 4. The zero-order chi connectivity index (χ0) is 13.0. The number of carbonyl (C=O) groups is 1. The highest BCUT2D eigenvalue weighted by molar-refractivity contribution is 8.00. The van der Waals surface area contributed by atoms with Crippen LogP contribution >= 0.6 is 11.8 Å². The molecule has 0 aliphatic carbocycles. The molecule has 0 saturated carbocycles. The predicted molar refractivity (Wildman–Crippen MR) is 72.1 cm³/mol. The van der Waals surface area contributed by atoms with Gasteiger partial charge in [0.1, 0.15) is 0 Å². The molecule has 1 aromatic rings.